The molecule has 1 aliphatic heterocycles. The van der Waals surface area contributed by atoms with Crippen molar-refractivity contribution >= 4 is 34.3 Å². The van der Waals surface area contributed by atoms with E-state index in [2.05, 4.69) is 216 Å². The maximum Gasteiger partial charge on any atom is 0.162 e. The average Bonchev–Trinajstić information content (AvgIpc) is 3.64. The number of hydrogen-bond donors (Lipinski definition) is 0. The summed E-state index contributed by atoms with van der Waals surface area (Å²) in [6.07, 6.45) is 0. The molecule has 4 heterocycles. The second-order valence-corrected chi connectivity index (χ2v) is 19.5. The summed E-state index contributed by atoms with van der Waals surface area (Å²) in [5.41, 5.74) is 17.9. The minimum absolute atomic E-state index is 0.537. The molecule has 0 unspecified atom stereocenters. The molecule has 8 heteroatoms. The van der Waals surface area contributed by atoms with Gasteiger partial charge in [0.15, 0.2) is 17.5 Å². The molecule has 0 radical (unpaired) electrons. The fourth-order valence-electron chi connectivity index (χ4n) is 10.6. The Labute approximate surface area is 464 Å². The molecule has 1 aliphatic rings. The van der Waals surface area contributed by atoms with Crippen LogP contribution in [0.4, 0.5) is 34.3 Å². The quantitative estimate of drug-likeness (QED) is 0.127. The Kier molecular flexibility index (Phi) is 12.4. The van der Waals surface area contributed by atoms with E-state index in [9.17, 15) is 0 Å². The van der Waals surface area contributed by atoms with Crippen LogP contribution >= 0.6 is 0 Å². The van der Waals surface area contributed by atoms with E-state index in [0.717, 1.165) is 118 Å². The highest BCUT2D eigenvalue weighted by Crippen LogP contribution is 2.58. The van der Waals surface area contributed by atoms with Crippen LogP contribution in [0.1, 0.15) is 0 Å². The van der Waals surface area contributed by atoms with Crippen LogP contribution in [0.2, 0.25) is 0 Å². The summed E-state index contributed by atoms with van der Waals surface area (Å²) < 4.78 is 0. The van der Waals surface area contributed by atoms with Crippen LogP contribution in [-0.2, 0) is 0 Å². The number of rotatable bonds is 11. The highest BCUT2D eigenvalue weighted by atomic mass is 15.3. The molecule has 3 aromatic heterocycles. The van der Waals surface area contributed by atoms with Crippen molar-refractivity contribution in [2.45, 2.75) is 0 Å². The number of anilines is 6. The molecular weight excluding hydrogens is 977 g/mol. The van der Waals surface area contributed by atoms with Crippen LogP contribution in [0.25, 0.3) is 102 Å². The Balaban J connectivity index is 1.07. The van der Waals surface area contributed by atoms with E-state index < -0.39 is 0 Å². The topological polar surface area (TPSA) is 83.8 Å². The van der Waals surface area contributed by atoms with Gasteiger partial charge in [0.25, 0.3) is 0 Å². The second-order valence-electron chi connectivity index (χ2n) is 19.5. The normalized spacial score (nSPS) is 11.7. The summed E-state index contributed by atoms with van der Waals surface area (Å²) in [7, 11) is 0. The molecule has 10 aromatic carbocycles. The summed E-state index contributed by atoms with van der Waals surface area (Å²) in [5, 5.41) is 0. The van der Waals surface area contributed by atoms with E-state index in [1.807, 2.05) is 84.9 Å². The third-order valence-electron chi connectivity index (χ3n) is 14.4. The summed E-state index contributed by atoms with van der Waals surface area (Å²) in [5.74, 6) is 2.46. The van der Waals surface area contributed by atoms with Crippen LogP contribution in [0.5, 0.6) is 0 Å². The monoisotopic (exact) mass is 1020 g/mol. The number of benzene rings is 10. The Morgan fingerprint density at radius 1 is 0.200 bits per heavy atom. The number of para-hydroxylation sites is 4. The van der Waals surface area contributed by atoms with E-state index >= 15 is 0 Å². The fraction of sp³-hybridized carbons (Fsp3) is 0. The van der Waals surface area contributed by atoms with Crippen LogP contribution < -0.4 is 9.80 Å². The smallest absolute Gasteiger partial charge is 0.162 e. The summed E-state index contributed by atoms with van der Waals surface area (Å²) in [6.45, 7) is 0. The van der Waals surface area contributed by atoms with Crippen molar-refractivity contribution in [3.8, 4) is 102 Å². The highest BCUT2D eigenvalue weighted by molar-refractivity contribution is 6.07. The van der Waals surface area contributed by atoms with Gasteiger partial charge in [-0.15, -0.1) is 0 Å². The van der Waals surface area contributed by atoms with Gasteiger partial charge in [0.2, 0.25) is 0 Å². The third-order valence-corrected chi connectivity index (χ3v) is 14.4. The molecule has 0 saturated carbocycles. The van der Waals surface area contributed by atoms with Crippen molar-refractivity contribution in [3.63, 3.8) is 0 Å². The Hall–Kier alpha value is -11.0. The Morgan fingerprint density at radius 2 is 0.487 bits per heavy atom. The van der Waals surface area contributed by atoms with Crippen molar-refractivity contribution in [1.82, 2.24) is 29.9 Å². The molecule has 13 aromatic rings. The molecule has 0 saturated heterocycles. The molecule has 376 valence electrons. The number of aromatic nitrogens is 6. The average molecular weight is 1030 g/mol. The van der Waals surface area contributed by atoms with Gasteiger partial charge in [0.05, 0.1) is 56.9 Å². The van der Waals surface area contributed by atoms with E-state index in [1.165, 1.54) is 0 Å². The minimum Gasteiger partial charge on any atom is -0.305 e. The number of nitrogens with zero attached hydrogens (tertiary/aromatic N) is 8. The molecule has 0 spiro atoms. The van der Waals surface area contributed by atoms with E-state index in [0.29, 0.717) is 17.5 Å². The zero-order valence-electron chi connectivity index (χ0n) is 43.3. The van der Waals surface area contributed by atoms with Crippen molar-refractivity contribution in [1.29, 1.82) is 0 Å². The van der Waals surface area contributed by atoms with Gasteiger partial charge in [-0.05, 0) is 54.1 Å². The van der Waals surface area contributed by atoms with Gasteiger partial charge < -0.3 is 4.90 Å². The molecular formula is C72H48N8. The van der Waals surface area contributed by atoms with Crippen LogP contribution in [-0.4, -0.2) is 29.9 Å². The number of fused-ring (bicyclic) bond motifs is 2. The van der Waals surface area contributed by atoms with E-state index in [1.54, 1.807) is 0 Å². The standard InChI is InChI=1S/C72H48N8/c1-8-26-49(27-9-1)57-44-56(71-73-59(50-28-10-2-11-29-50)46-60(74-71)51-30-12-3-13-31-51)45-58(72-76-61(52-32-14-4-15-33-52)47-62(77-72)53-34-16-5-17-35-53)69(57)80-66-42-24-22-40-64(66)79(65-41-23-25-43-67(65)80)68-48-63(54-36-18-6-19-37-54)75-70(78-68)55-38-20-7-21-39-55/h1-48H. The van der Waals surface area contributed by atoms with Gasteiger partial charge in [-0.1, -0.05) is 237 Å². The minimum atomic E-state index is 0.537. The van der Waals surface area contributed by atoms with Crippen LogP contribution in [0.15, 0.2) is 291 Å². The summed E-state index contributed by atoms with van der Waals surface area (Å²) >= 11 is 0. The SMILES string of the molecule is c1ccc(-c2cc(-c3ccccc3)nc(-c3cc(-c4ccccc4)c(N4c5ccccc5N(c5cc(-c6ccccc6)nc(-c6ccccc6)n5)c5ccccc54)c(-c4nc(-c5ccccc5)cc(-c5ccccc5)n4)c3)n2)cc1. The number of hydrogen-bond acceptors (Lipinski definition) is 8. The lowest BCUT2D eigenvalue weighted by Crippen LogP contribution is -2.25. The van der Waals surface area contributed by atoms with Gasteiger partial charge in [-0.2, -0.15) is 0 Å². The van der Waals surface area contributed by atoms with Gasteiger partial charge >= 0.3 is 0 Å². The molecule has 14 rings (SSSR count). The van der Waals surface area contributed by atoms with Gasteiger partial charge in [-0.3, -0.25) is 4.90 Å². The molecule has 8 nitrogen and oxygen atoms in total. The first-order chi connectivity index (χ1) is 39.7. The van der Waals surface area contributed by atoms with E-state index in [-0.39, 0.29) is 0 Å². The molecule has 0 amide bonds. The predicted octanol–water partition coefficient (Wildman–Crippen LogP) is 18.3. The Morgan fingerprint density at radius 3 is 0.875 bits per heavy atom. The lowest BCUT2D eigenvalue weighted by Gasteiger charge is -2.41. The Bertz CT molecular complexity index is 4120. The van der Waals surface area contributed by atoms with Gasteiger partial charge in [-0.25, -0.2) is 29.9 Å². The first kappa shape index (κ1) is 47.5. The maximum atomic E-state index is 5.60. The zero-order valence-corrected chi connectivity index (χ0v) is 43.3. The molecule has 0 N–H and O–H groups in total. The van der Waals surface area contributed by atoms with Crippen LogP contribution in [0.3, 0.4) is 0 Å². The second kappa shape index (κ2) is 20.9. The molecule has 0 fully saturated rings. The van der Waals surface area contributed by atoms with Gasteiger partial charge in [0.1, 0.15) is 5.82 Å². The van der Waals surface area contributed by atoms with Crippen molar-refractivity contribution in [3.05, 3.63) is 291 Å². The molecule has 80 heavy (non-hydrogen) atoms. The third kappa shape index (κ3) is 9.12. The fourth-order valence-corrected chi connectivity index (χ4v) is 10.6. The van der Waals surface area contributed by atoms with Crippen molar-refractivity contribution in [2.75, 3.05) is 9.80 Å². The zero-order chi connectivity index (χ0) is 53.2. The maximum absolute atomic E-state index is 5.60. The van der Waals surface area contributed by atoms with E-state index in [4.69, 9.17) is 29.9 Å². The summed E-state index contributed by atoms with van der Waals surface area (Å²) in [6, 6.07) is 100. The first-order valence-corrected chi connectivity index (χ1v) is 26.7. The molecule has 0 bridgehead atoms. The van der Waals surface area contributed by atoms with Crippen molar-refractivity contribution in [2.24, 2.45) is 0 Å². The predicted molar refractivity (Wildman–Crippen MR) is 325 cm³/mol. The molecule has 0 atom stereocenters. The van der Waals surface area contributed by atoms with Gasteiger partial charge in [0, 0.05) is 56.1 Å². The van der Waals surface area contributed by atoms with Crippen LogP contribution in [0, 0.1) is 0 Å². The largest absolute Gasteiger partial charge is 0.305 e. The summed E-state index contributed by atoms with van der Waals surface area (Å²) in [4.78, 5) is 37.3. The first-order valence-electron chi connectivity index (χ1n) is 26.7. The lowest BCUT2D eigenvalue weighted by atomic mass is 9.93. The molecule has 0 aliphatic carbocycles. The lowest BCUT2D eigenvalue weighted by molar-refractivity contribution is 1.09. The van der Waals surface area contributed by atoms with Crippen molar-refractivity contribution < 1.29 is 0 Å². The highest BCUT2D eigenvalue weighted by Gasteiger charge is 2.35.